The lowest BCUT2D eigenvalue weighted by molar-refractivity contribution is -0.384. The molecular formula is C18H20N2O4. The molecule has 6 nitrogen and oxygen atoms in total. The average Bonchev–Trinajstić information content (AvgIpc) is 2.60. The van der Waals surface area contributed by atoms with E-state index in [0.29, 0.717) is 11.7 Å². The van der Waals surface area contributed by atoms with Gasteiger partial charge in [0.15, 0.2) is 6.61 Å². The standard InChI is InChI=1S/C18H20N2O4/c1-3-13(2)16-6-4-5-7-17(16)19-18(21)12-24-15-10-8-14(9-11-15)20(22)23/h4-11,13H,3,12H2,1-2H3,(H,19,21). The third-order valence-corrected chi connectivity index (χ3v) is 3.80. The third-order valence-electron chi connectivity index (χ3n) is 3.80. The summed E-state index contributed by atoms with van der Waals surface area (Å²) in [7, 11) is 0. The SMILES string of the molecule is CCC(C)c1ccccc1NC(=O)COc1ccc([N+](=O)[O-])cc1. The van der Waals surface area contributed by atoms with Crippen molar-refractivity contribution in [1.82, 2.24) is 0 Å². The first-order chi connectivity index (χ1) is 11.5. The minimum Gasteiger partial charge on any atom is -0.484 e. The first-order valence-corrected chi connectivity index (χ1v) is 7.77. The summed E-state index contributed by atoms with van der Waals surface area (Å²) < 4.78 is 5.37. The second-order valence-corrected chi connectivity index (χ2v) is 5.48. The van der Waals surface area contributed by atoms with E-state index in [2.05, 4.69) is 19.2 Å². The lowest BCUT2D eigenvalue weighted by Gasteiger charge is -2.15. The van der Waals surface area contributed by atoms with Crippen molar-refractivity contribution in [2.24, 2.45) is 0 Å². The number of rotatable bonds is 7. The Hall–Kier alpha value is -2.89. The summed E-state index contributed by atoms with van der Waals surface area (Å²) in [5.74, 6) is 0.479. The van der Waals surface area contributed by atoms with Gasteiger partial charge < -0.3 is 10.1 Å². The van der Waals surface area contributed by atoms with Crippen molar-refractivity contribution in [2.45, 2.75) is 26.2 Å². The molecule has 2 aromatic rings. The Kier molecular flexibility index (Phi) is 5.89. The molecule has 1 atom stereocenters. The van der Waals surface area contributed by atoms with Gasteiger partial charge in [-0.1, -0.05) is 32.0 Å². The van der Waals surface area contributed by atoms with Crippen LogP contribution in [0.15, 0.2) is 48.5 Å². The van der Waals surface area contributed by atoms with Crippen LogP contribution in [0.2, 0.25) is 0 Å². The molecule has 2 aromatic carbocycles. The number of amides is 1. The zero-order valence-corrected chi connectivity index (χ0v) is 13.7. The highest BCUT2D eigenvalue weighted by Gasteiger charge is 2.12. The monoisotopic (exact) mass is 328 g/mol. The molecule has 0 saturated heterocycles. The minimum atomic E-state index is -0.484. The van der Waals surface area contributed by atoms with E-state index in [4.69, 9.17) is 4.74 Å². The van der Waals surface area contributed by atoms with E-state index < -0.39 is 4.92 Å². The van der Waals surface area contributed by atoms with Crippen LogP contribution in [0.4, 0.5) is 11.4 Å². The minimum absolute atomic E-state index is 0.0192. The molecule has 0 aliphatic carbocycles. The molecule has 0 radical (unpaired) electrons. The second-order valence-electron chi connectivity index (χ2n) is 5.48. The summed E-state index contributed by atoms with van der Waals surface area (Å²) in [4.78, 5) is 22.2. The van der Waals surface area contributed by atoms with Gasteiger partial charge >= 0.3 is 0 Å². The Balaban J connectivity index is 1.95. The van der Waals surface area contributed by atoms with Crippen LogP contribution in [0.25, 0.3) is 0 Å². The first-order valence-electron chi connectivity index (χ1n) is 7.77. The van der Waals surface area contributed by atoms with Gasteiger partial charge in [0.05, 0.1) is 4.92 Å². The number of nitro benzene ring substituents is 1. The fraction of sp³-hybridized carbons (Fsp3) is 0.278. The molecule has 0 spiro atoms. The van der Waals surface area contributed by atoms with Gasteiger partial charge in [-0.15, -0.1) is 0 Å². The van der Waals surface area contributed by atoms with Gasteiger partial charge in [0.1, 0.15) is 5.75 Å². The predicted molar refractivity (Wildman–Crippen MR) is 92.4 cm³/mol. The zero-order chi connectivity index (χ0) is 17.5. The van der Waals surface area contributed by atoms with Gasteiger partial charge in [0.25, 0.3) is 11.6 Å². The molecule has 1 amide bonds. The number of ether oxygens (including phenoxy) is 1. The van der Waals surface area contributed by atoms with Crippen LogP contribution in [0.3, 0.4) is 0 Å². The van der Waals surface area contributed by atoms with Gasteiger partial charge in [0.2, 0.25) is 0 Å². The van der Waals surface area contributed by atoms with Crippen molar-refractivity contribution in [3.63, 3.8) is 0 Å². The molecule has 0 aliphatic heterocycles. The first kappa shape index (κ1) is 17.5. The van der Waals surface area contributed by atoms with E-state index in [1.807, 2.05) is 24.3 Å². The predicted octanol–water partition coefficient (Wildman–Crippen LogP) is 4.13. The Morgan fingerprint density at radius 2 is 1.88 bits per heavy atom. The molecule has 0 heterocycles. The number of hydrogen-bond acceptors (Lipinski definition) is 4. The summed E-state index contributed by atoms with van der Waals surface area (Å²) in [6.45, 7) is 4.05. The van der Waals surface area contributed by atoms with Crippen LogP contribution < -0.4 is 10.1 Å². The maximum absolute atomic E-state index is 12.1. The van der Waals surface area contributed by atoms with Crippen molar-refractivity contribution < 1.29 is 14.5 Å². The average molecular weight is 328 g/mol. The van der Waals surface area contributed by atoms with Crippen molar-refractivity contribution in [3.8, 4) is 5.75 Å². The van der Waals surface area contributed by atoms with Gasteiger partial charge in [0, 0.05) is 17.8 Å². The quantitative estimate of drug-likeness (QED) is 0.612. The molecule has 24 heavy (non-hydrogen) atoms. The number of nitrogens with one attached hydrogen (secondary N) is 1. The van der Waals surface area contributed by atoms with Crippen LogP contribution in [-0.4, -0.2) is 17.4 Å². The van der Waals surface area contributed by atoms with Crippen molar-refractivity contribution in [2.75, 3.05) is 11.9 Å². The number of benzene rings is 2. The maximum Gasteiger partial charge on any atom is 0.269 e. The molecule has 1 N–H and O–H groups in total. The summed E-state index contributed by atoms with van der Waals surface area (Å²) in [6.07, 6.45) is 0.978. The Labute approximate surface area is 140 Å². The van der Waals surface area contributed by atoms with Crippen LogP contribution in [0, 0.1) is 10.1 Å². The Morgan fingerprint density at radius 1 is 1.21 bits per heavy atom. The number of non-ortho nitro benzene ring substituents is 1. The summed E-state index contributed by atoms with van der Waals surface area (Å²) in [6, 6.07) is 13.3. The Morgan fingerprint density at radius 3 is 2.50 bits per heavy atom. The van der Waals surface area contributed by atoms with Crippen molar-refractivity contribution >= 4 is 17.3 Å². The lowest BCUT2D eigenvalue weighted by Crippen LogP contribution is -2.21. The van der Waals surface area contributed by atoms with E-state index >= 15 is 0 Å². The maximum atomic E-state index is 12.1. The molecule has 0 aromatic heterocycles. The number of anilines is 1. The lowest BCUT2D eigenvalue weighted by atomic mass is 9.97. The molecule has 2 rings (SSSR count). The number of carbonyl (C=O) groups is 1. The van der Waals surface area contributed by atoms with Crippen LogP contribution in [0.1, 0.15) is 31.7 Å². The highest BCUT2D eigenvalue weighted by Crippen LogP contribution is 2.26. The summed E-state index contributed by atoms with van der Waals surface area (Å²) >= 11 is 0. The van der Waals surface area contributed by atoms with E-state index in [-0.39, 0.29) is 18.2 Å². The number of carbonyl (C=O) groups excluding carboxylic acids is 1. The van der Waals surface area contributed by atoms with E-state index in [9.17, 15) is 14.9 Å². The van der Waals surface area contributed by atoms with Gasteiger partial charge in [-0.05, 0) is 36.1 Å². The smallest absolute Gasteiger partial charge is 0.269 e. The summed E-state index contributed by atoms with van der Waals surface area (Å²) in [5, 5.41) is 13.4. The third kappa shape index (κ3) is 4.55. The molecule has 126 valence electrons. The fourth-order valence-corrected chi connectivity index (χ4v) is 2.26. The normalized spacial score (nSPS) is 11.6. The molecule has 0 fully saturated rings. The fourth-order valence-electron chi connectivity index (χ4n) is 2.26. The van der Waals surface area contributed by atoms with E-state index in [1.54, 1.807) is 0 Å². The van der Waals surface area contributed by atoms with Crippen LogP contribution >= 0.6 is 0 Å². The zero-order valence-electron chi connectivity index (χ0n) is 13.7. The number of nitro groups is 1. The molecule has 1 unspecified atom stereocenters. The van der Waals surface area contributed by atoms with Crippen LogP contribution in [0.5, 0.6) is 5.75 Å². The second kappa shape index (κ2) is 8.10. The molecule has 0 saturated carbocycles. The molecular weight excluding hydrogens is 308 g/mol. The topological polar surface area (TPSA) is 81.5 Å². The van der Waals surface area contributed by atoms with E-state index in [0.717, 1.165) is 17.7 Å². The highest BCUT2D eigenvalue weighted by molar-refractivity contribution is 5.92. The summed E-state index contributed by atoms with van der Waals surface area (Å²) in [5.41, 5.74) is 1.85. The van der Waals surface area contributed by atoms with Crippen LogP contribution in [-0.2, 0) is 4.79 Å². The van der Waals surface area contributed by atoms with E-state index in [1.165, 1.54) is 24.3 Å². The molecule has 0 bridgehead atoms. The highest BCUT2D eigenvalue weighted by atomic mass is 16.6. The van der Waals surface area contributed by atoms with Crippen molar-refractivity contribution in [1.29, 1.82) is 0 Å². The molecule has 6 heteroatoms. The van der Waals surface area contributed by atoms with Gasteiger partial charge in [-0.2, -0.15) is 0 Å². The molecule has 0 aliphatic rings. The van der Waals surface area contributed by atoms with Gasteiger partial charge in [-0.25, -0.2) is 0 Å². The Bertz CT molecular complexity index is 713. The largest absolute Gasteiger partial charge is 0.484 e. The van der Waals surface area contributed by atoms with Crippen molar-refractivity contribution in [3.05, 3.63) is 64.2 Å². The number of para-hydroxylation sites is 1. The number of hydrogen-bond donors (Lipinski definition) is 1. The van der Waals surface area contributed by atoms with Gasteiger partial charge in [-0.3, -0.25) is 14.9 Å². The number of nitrogens with zero attached hydrogens (tertiary/aromatic N) is 1.